The minimum atomic E-state index is -1.26. The Morgan fingerprint density at radius 2 is 1.31 bits per heavy atom. The van der Waals surface area contributed by atoms with Gasteiger partial charge < -0.3 is 18.9 Å². The van der Waals surface area contributed by atoms with Crippen molar-refractivity contribution < 1.29 is 38.1 Å². The number of Topliss-reactive ketones (excluding diaryl/α,β-unsaturated/α-hetero) is 2. The predicted octanol–water partition coefficient (Wildman–Crippen LogP) is 4.33. The number of hydrogen-bond donors (Lipinski definition) is 0. The van der Waals surface area contributed by atoms with E-state index < -0.39 is 47.6 Å². The minimum absolute atomic E-state index is 0.0530. The Bertz CT molecular complexity index is 1630. The molecular formula is C34H28O8. The molecule has 10 rings (SSSR count). The number of carbonyl (C=O) groups excluding carboxylic acids is 4. The number of ketones is 2. The topological polar surface area (TPSA) is 105 Å². The molecule has 4 heterocycles. The zero-order chi connectivity index (χ0) is 28.3. The van der Waals surface area contributed by atoms with Gasteiger partial charge >= 0.3 is 11.9 Å². The number of allylic oxidation sites excluding steroid dienone is 2. The molecule has 0 radical (unpaired) electrons. The van der Waals surface area contributed by atoms with E-state index in [2.05, 4.69) is 0 Å². The van der Waals surface area contributed by atoms with Gasteiger partial charge in [0.05, 0.1) is 19.3 Å². The van der Waals surface area contributed by atoms with Gasteiger partial charge in [0.1, 0.15) is 41.3 Å². The van der Waals surface area contributed by atoms with Gasteiger partial charge in [0.2, 0.25) is 0 Å². The summed E-state index contributed by atoms with van der Waals surface area (Å²) >= 11 is 0. The van der Waals surface area contributed by atoms with E-state index in [1.165, 1.54) is 0 Å². The molecule has 8 aliphatic rings. The third kappa shape index (κ3) is 3.02. The molecule has 0 unspecified atom stereocenters. The molecule has 2 aromatic rings. The highest BCUT2D eigenvalue weighted by Crippen LogP contribution is 2.71. The average Bonchev–Trinajstić information content (AvgIpc) is 3.60. The summed E-state index contributed by atoms with van der Waals surface area (Å²) in [4.78, 5) is 54.4. The Morgan fingerprint density at radius 1 is 0.667 bits per heavy atom. The third-order valence-electron chi connectivity index (χ3n) is 10.8. The number of carbonyl (C=O) groups is 4. The Kier molecular flexibility index (Phi) is 4.90. The van der Waals surface area contributed by atoms with Gasteiger partial charge in [0, 0.05) is 41.6 Å². The Morgan fingerprint density at radius 3 is 2.02 bits per heavy atom. The Balaban J connectivity index is 1.25. The van der Waals surface area contributed by atoms with Crippen molar-refractivity contribution in [2.24, 2.45) is 35.0 Å². The van der Waals surface area contributed by atoms with Crippen molar-refractivity contribution in [1.82, 2.24) is 0 Å². The average molecular weight is 565 g/mol. The lowest BCUT2D eigenvalue weighted by molar-refractivity contribution is -0.198. The largest absolute Gasteiger partial charge is 0.489 e. The summed E-state index contributed by atoms with van der Waals surface area (Å²) in [6.07, 6.45) is 0.251. The summed E-state index contributed by atoms with van der Waals surface area (Å²) in [5.74, 6) is -2.11. The van der Waals surface area contributed by atoms with E-state index >= 15 is 0 Å². The number of fused-ring (bicyclic) bond motifs is 2. The van der Waals surface area contributed by atoms with Crippen molar-refractivity contribution in [2.75, 3.05) is 0 Å². The molecule has 1 saturated carbocycles. The van der Waals surface area contributed by atoms with Crippen molar-refractivity contribution >= 4 is 23.5 Å². The van der Waals surface area contributed by atoms with Gasteiger partial charge in [-0.1, -0.05) is 60.7 Å². The quantitative estimate of drug-likeness (QED) is 0.497. The smallest absolute Gasteiger partial charge is 0.306 e. The lowest BCUT2D eigenvalue weighted by Crippen LogP contribution is -2.68. The second-order valence-corrected chi connectivity index (χ2v) is 12.6. The summed E-state index contributed by atoms with van der Waals surface area (Å²) in [6, 6.07) is 19.3. The van der Waals surface area contributed by atoms with Gasteiger partial charge in [-0.2, -0.15) is 0 Å². The van der Waals surface area contributed by atoms with Crippen LogP contribution in [0, 0.1) is 35.0 Å². The van der Waals surface area contributed by atoms with E-state index in [-0.39, 0.29) is 61.0 Å². The number of ether oxygens (including phenoxy) is 4. The number of rotatable bonds is 2. The fourth-order valence-corrected chi connectivity index (χ4v) is 9.35. The maximum atomic E-state index is 14.8. The SMILES string of the molecule is O=C1C[C@@H]2C3=C(O[C@@H](c4ccccc4)CC3=O)[C@@H]3[C@@H]([C@H]4C=C5O[C@H](c6ccccc6)CC(=O)[C@@]53[C@H]3CC(=O)O[C@H]43)[C@H]2O1. The van der Waals surface area contributed by atoms with Crippen molar-refractivity contribution in [1.29, 1.82) is 0 Å². The molecule has 1 spiro atoms. The molecule has 8 heteroatoms. The first-order valence-electron chi connectivity index (χ1n) is 14.8. The highest BCUT2D eigenvalue weighted by Gasteiger charge is 2.77. The Hall–Kier alpha value is -4.20. The van der Waals surface area contributed by atoms with Gasteiger partial charge in [0.15, 0.2) is 11.6 Å². The number of benzene rings is 2. The van der Waals surface area contributed by atoms with Crippen molar-refractivity contribution in [3.63, 3.8) is 0 Å². The third-order valence-corrected chi connectivity index (χ3v) is 10.8. The van der Waals surface area contributed by atoms with Crippen LogP contribution in [0.15, 0.2) is 83.8 Å². The fraction of sp³-hybridized carbons (Fsp3) is 0.412. The van der Waals surface area contributed by atoms with Crippen LogP contribution in [-0.2, 0) is 38.1 Å². The van der Waals surface area contributed by atoms with Gasteiger partial charge in [-0.05, 0) is 17.2 Å². The van der Waals surface area contributed by atoms with Crippen molar-refractivity contribution in [3.05, 3.63) is 95.0 Å². The van der Waals surface area contributed by atoms with E-state index in [9.17, 15) is 19.2 Å². The summed E-state index contributed by atoms with van der Waals surface area (Å²) in [7, 11) is 0. The first-order valence-corrected chi connectivity index (χ1v) is 14.8. The van der Waals surface area contributed by atoms with Crippen LogP contribution >= 0.6 is 0 Å². The van der Waals surface area contributed by atoms with Crippen molar-refractivity contribution in [3.8, 4) is 0 Å². The molecule has 4 aliphatic heterocycles. The molecule has 2 bridgehead atoms. The van der Waals surface area contributed by atoms with Crippen LogP contribution in [0.5, 0.6) is 0 Å². The van der Waals surface area contributed by atoms with Crippen LogP contribution in [0.4, 0.5) is 0 Å². The second-order valence-electron chi connectivity index (χ2n) is 12.6. The second kappa shape index (κ2) is 8.43. The lowest BCUT2D eigenvalue weighted by atomic mass is 9.41. The maximum absolute atomic E-state index is 14.8. The number of esters is 2. The van der Waals surface area contributed by atoms with Crippen LogP contribution < -0.4 is 0 Å². The molecule has 3 saturated heterocycles. The first kappa shape index (κ1) is 24.4. The standard InChI is InChI=1S/C34H28O8/c35-21-14-22(16-7-3-1-4-8-16)40-33-28(21)19-12-26(37)42-32(19)29-18-11-25-34(30(29)33,20-13-27(38)41-31(18)20)24(36)15-23(39-25)17-9-5-2-6-10-17/h1-11,18-20,22-23,29-32H,12-15H2/t18-,19-,20+,22-,23+,29-,30+,31-,32+,34+/m1/s1. The van der Waals surface area contributed by atoms with Crippen LogP contribution in [0.2, 0.25) is 0 Å². The fourth-order valence-electron chi connectivity index (χ4n) is 9.35. The van der Waals surface area contributed by atoms with Crippen LogP contribution in [0.3, 0.4) is 0 Å². The van der Waals surface area contributed by atoms with E-state index in [1.54, 1.807) is 0 Å². The van der Waals surface area contributed by atoms with E-state index in [4.69, 9.17) is 18.9 Å². The highest BCUT2D eigenvalue weighted by atomic mass is 16.6. The van der Waals surface area contributed by atoms with E-state index in [0.29, 0.717) is 17.1 Å². The maximum Gasteiger partial charge on any atom is 0.306 e. The Labute approximate surface area is 241 Å². The van der Waals surface area contributed by atoms with E-state index in [0.717, 1.165) is 11.1 Å². The lowest BCUT2D eigenvalue weighted by Gasteiger charge is -2.63. The highest BCUT2D eigenvalue weighted by molar-refractivity contribution is 6.00. The normalized spacial score (nSPS) is 40.9. The molecule has 0 N–H and O–H groups in total. The monoisotopic (exact) mass is 564 g/mol. The molecule has 2 aromatic carbocycles. The van der Waals surface area contributed by atoms with Gasteiger partial charge in [-0.25, -0.2) is 0 Å². The van der Waals surface area contributed by atoms with Crippen LogP contribution in [-0.4, -0.2) is 35.7 Å². The summed E-state index contributed by atoms with van der Waals surface area (Å²) in [5, 5.41) is 0. The molecule has 0 aromatic heterocycles. The molecule has 212 valence electrons. The van der Waals surface area contributed by atoms with Gasteiger partial charge in [-0.15, -0.1) is 0 Å². The molecule has 42 heavy (non-hydrogen) atoms. The molecule has 8 nitrogen and oxygen atoms in total. The van der Waals surface area contributed by atoms with Gasteiger partial charge in [0.25, 0.3) is 0 Å². The van der Waals surface area contributed by atoms with Crippen LogP contribution in [0.25, 0.3) is 0 Å². The zero-order valence-corrected chi connectivity index (χ0v) is 22.6. The van der Waals surface area contributed by atoms with Gasteiger partial charge in [-0.3, -0.25) is 19.2 Å². The summed E-state index contributed by atoms with van der Waals surface area (Å²) < 4.78 is 25.4. The van der Waals surface area contributed by atoms with Crippen LogP contribution in [0.1, 0.15) is 49.0 Å². The molecule has 4 aliphatic carbocycles. The molecular weight excluding hydrogens is 536 g/mol. The minimum Gasteiger partial charge on any atom is -0.489 e. The number of hydrogen-bond acceptors (Lipinski definition) is 8. The zero-order valence-electron chi connectivity index (χ0n) is 22.6. The molecule has 10 atom stereocenters. The molecule has 4 fully saturated rings. The molecule has 0 amide bonds. The summed E-state index contributed by atoms with van der Waals surface area (Å²) in [6.45, 7) is 0. The summed E-state index contributed by atoms with van der Waals surface area (Å²) in [5.41, 5.74) is 0.981. The van der Waals surface area contributed by atoms with E-state index in [1.807, 2.05) is 66.7 Å². The predicted molar refractivity (Wildman–Crippen MR) is 144 cm³/mol. The van der Waals surface area contributed by atoms with Crippen molar-refractivity contribution in [2.45, 2.75) is 50.1 Å². The first-order chi connectivity index (χ1) is 20.4.